The number of nitrogens with zero attached hydrogens (tertiary/aromatic N) is 3. The van der Waals surface area contributed by atoms with Crippen LogP contribution in [0, 0.1) is 0 Å². The average Bonchev–Trinajstić information content (AvgIpc) is 3.10. The third-order valence-electron chi connectivity index (χ3n) is 4.67. The second kappa shape index (κ2) is 8.36. The Morgan fingerprint density at radius 2 is 2.12 bits per heavy atom. The number of benzene rings is 1. The number of nitrogens with one attached hydrogen (secondary N) is 1. The molecule has 0 aliphatic carbocycles. The van der Waals surface area contributed by atoms with Crippen molar-refractivity contribution >= 4 is 5.78 Å². The largest absolute Gasteiger partial charge is 0.339 e. The van der Waals surface area contributed by atoms with Crippen LogP contribution in [-0.2, 0) is 12.8 Å². The lowest BCUT2D eigenvalue weighted by Gasteiger charge is -2.30. The molecule has 0 bridgehead atoms. The summed E-state index contributed by atoms with van der Waals surface area (Å²) >= 11 is 0. The van der Waals surface area contributed by atoms with Crippen molar-refractivity contribution in [2.45, 2.75) is 38.6 Å². The Bertz CT molecular complexity index is 696. The number of hydrogen-bond donors (Lipinski definition) is 1. The van der Waals surface area contributed by atoms with Crippen LogP contribution in [0.15, 0.2) is 28.8 Å². The third kappa shape index (κ3) is 4.52. The average molecular weight is 342 g/mol. The number of Topliss-reactive ketones (excluding diaryl/α,β-unsaturated/α-hetero) is 1. The monoisotopic (exact) mass is 342 g/mol. The summed E-state index contributed by atoms with van der Waals surface area (Å²) in [6, 6.07) is 8.03. The molecule has 1 atom stereocenters. The zero-order chi connectivity index (χ0) is 17.6. The van der Waals surface area contributed by atoms with Gasteiger partial charge < -0.3 is 9.84 Å². The van der Waals surface area contributed by atoms with E-state index in [1.807, 2.05) is 24.3 Å². The fraction of sp³-hybridized carbons (Fsp3) is 0.526. The van der Waals surface area contributed by atoms with Gasteiger partial charge in [-0.15, -0.1) is 0 Å². The van der Waals surface area contributed by atoms with Gasteiger partial charge in [0.1, 0.15) is 0 Å². The highest BCUT2D eigenvalue weighted by Gasteiger charge is 2.25. The number of aromatic nitrogens is 2. The maximum absolute atomic E-state index is 12.3. The lowest BCUT2D eigenvalue weighted by Crippen LogP contribution is -2.44. The fourth-order valence-electron chi connectivity index (χ4n) is 3.11. The van der Waals surface area contributed by atoms with Crippen LogP contribution in [-0.4, -0.2) is 47.5 Å². The normalized spacial score (nSPS) is 18.4. The first-order valence-electron chi connectivity index (χ1n) is 9.03. The van der Waals surface area contributed by atoms with Gasteiger partial charge >= 0.3 is 0 Å². The molecule has 2 heterocycles. The molecule has 1 aromatic heterocycles. The van der Waals surface area contributed by atoms with E-state index >= 15 is 0 Å². The van der Waals surface area contributed by atoms with Crippen molar-refractivity contribution in [1.82, 2.24) is 20.4 Å². The molecule has 1 saturated heterocycles. The first-order valence-corrected chi connectivity index (χ1v) is 9.03. The first-order chi connectivity index (χ1) is 12.2. The standard InChI is InChI=1S/C19H26N4O2/c1-3-4-14-5-7-15(8-6-14)17(24)9-10-18-21-19(22-25-18)16-13-20-11-12-23(16)2/h5-8,16,20H,3-4,9-13H2,1-2H3. The SMILES string of the molecule is CCCc1ccc(C(=O)CCc2nc(C3CNCCN3C)no2)cc1. The van der Waals surface area contributed by atoms with Gasteiger partial charge in [0.15, 0.2) is 11.6 Å². The van der Waals surface area contributed by atoms with Crippen molar-refractivity contribution in [3.05, 3.63) is 47.1 Å². The molecule has 25 heavy (non-hydrogen) atoms. The van der Waals surface area contributed by atoms with Gasteiger partial charge in [-0.25, -0.2) is 0 Å². The fourth-order valence-corrected chi connectivity index (χ4v) is 3.11. The van der Waals surface area contributed by atoms with Gasteiger partial charge in [0.2, 0.25) is 5.89 Å². The second-order valence-corrected chi connectivity index (χ2v) is 6.62. The lowest BCUT2D eigenvalue weighted by molar-refractivity contribution is 0.0979. The molecule has 1 fully saturated rings. The van der Waals surface area contributed by atoms with Crippen molar-refractivity contribution in [2.75, 3.05) is 26.7 Å². The smallest absolute Gasteiger partial charge is 0.227 e. The maximum atomic E-state index is 12.3. The molecule has 6 heteroatoms. The van der Waals surface area contributed by atoms with E-state index in [0.717, 1.165) is 38.0 Å². The topological polar surface area (TPSA) is 71.3 Å². The molecule has 1 aromatic carbocycles. The molecular weight excluding hydrogens is 316 g/mol. The highest BCUT2D eigenvalue weighted by atomic mass is 16.5. The van der Waals surface area contributed by atoms with Gasteiger partial charge in [-0.05, 0) is 19.0 Å². The van der Waals surface area contributed by atoms with E-state index < -0.39 is 0 Å². The summed E-state index contributed by atoms with van der Waals surface area (Å²) < 4.78 is 5.34. The zero-order valence-electron chi connectivity index (χ0n) is 15.0. The highest BCUT2D eigenvalue weighted by molar-refractivity contribution is 5.96. The number of ketones is 1. The minimum Gasteiger partial charge on any atom is -0.339 e. The van der Waals surface area contributed by atoms with Crippen LogP contribution in [0.25, 0.3) is 0 Å². The molecule has 0 amide bonds. The molecule has 0 radical (unpaired) electrons. The summed E-state index contributed by atoms with van der Waals surface area (Å²) in [5, 5.41) is 7.43. The van der Waals surface area contributed by atoms with Gasteiger partial charge in [0, 0.05) is 38.0 Å². The molecule has 6 nitrogen and oxygen atoms in total. The van der Waals surface area contributed by atoms with Crippen molar-refractivity contribution < 1.29 is 9.32 Å². The van der Waals surface area contributed by atoms with Crippen LogP contribution in [0.1, 0.15) is 53.4 Å². The van der Waals surface area contributed by atoms with Crippen molar-refractivity contribution in [3.63, 3.8) is 0 Å². The molecule has 0 saturated carbocycles. The van der Waals surface area contributed by atoms with E-state index in [2.05, 4.69) is 34.3 Å². The Labute approximate surface area is 148 Å². The van der Waals surface area contributed by atoms with E-state index in [1.54, 1.807) is 0 Å². The number of aryl methyl sites for hydroxylation is 2. The molecule has 2 aromatic rings. The predicted octanol–water partition coefficient (Wildman–Crippen LogP) is 2.41. The van der Waals surface area contributed by atoms with Gasteiger partial charge in [-0.1, -0.05) is 42.8 Å². The van der Waals surface area contributed by atoms with E-state index in [9.17, 15) is 4.79 Å². The van der Waals surface area contributed by atoms with Crippen molar-refractivity contribution in [2.24, 2.45) is 0 Å². The highest BCUT2D eigenvalue weighted by Crippen LogP contribution is 2.18. The Balaban J connectivity index is 1.55. The quantitative estimate of drug-likeness (QED) is 0.779. The lowest BCUT2D eigenvalue weighted by atomic mass is 10.0. The second-order valence-electron chi connectivity index (χ2n) is 6.62. The minimum atomic E-state index is 0.110. The van der Waals surface area contributed by atoms with Gasteiger partial charge in [0.05, 0.1) is 6.04 Å². The minimum absolute atomic E-state index is 0.110. The predicted molar refractivity (Wildman–Crippen MR) is 95.6 cm³/mol. The Kier molecular flexibility index (Phi) is 5.94. The molecule has 134 valence electrons. The molecule has 1 N–H and O–H groups in total. The van der Waals surface area contributed by atoms with Crippen LogP contribution >= 0.6 is 0 Å². The van der Waals surface area contributed by atoms with Gasteiger partial charge in [-0.3, -0.25) is 9.69 Å². The molecule has 1 aliphatic rings. The molecule has 3 rings (SSSR count). The van der Waals surface area contributed by atoms with Gasteiger partial charge in [-0.2, -0.15) is 4.98 Å². The maximum Gasteiger partial charge on any atom is 0.227 e. The number of carbonyl (C=O) groups is 1. The van der Waals surface area contributed by atoms with Crippen molar-refractivity contribution in [1.29, 1.82) is 0 Å². The number of rotatable bonds is 7. The van der Waals surface area contributed by atoms with E-state index in [0.29, 0.717) is 24.6 Å². The van der Waals surface area contributed by atoms with E-state index in [-0.39, 0.29) is 11.8 Å². The van der Waals surface area contributed by atoms with E-state index in [4.69, 9.17) is 4.52 Å². The summed E-state index contributed by atoms with van der Waals surface area (Å²) in [4.78, 5) is 19.0. The number of piperazine rings is 1. The van der Waals surface area contributed by atoms with E-state index in [1.165, 1.54) is 5.56 Å². The van der Waals surface area contributed by atoms with Crippen molar-refractivity contribution in [3.8, 4) is 0 Å². The van der Waals surface area contributed by atoms with Crippen LogP contribution in [0.3, 0.4) is 0 Å². The number of carbonyl (C=O) groups excluding carboxylic acids is 1. The van der Waals surface area contributed by atoms with Gasteiger partial charge in [0.25, 0.3) is 0 Å². The summed E-state index contributed by atoms with van der Waals surface area (Å²) in [5.74, 6) is 1.34. The van der Waals surface area contributed by atoms with Crippen LogP contribution in [0.4, 0.5) is 0 Å². The third-order valence-corrected chi connectivity index (χ3v) is 4.67. The first kappa shape index (κ1) is 17.8. The van der Waals surface area contributed by atoms with Crippen LogP contribution in [0.5, 0.6) is 0 Å². The molecular formula is C19H26N4O2. The number of likely N-dealkylation sites (N-methyl/N-ethyl adjacent to an activating group) is 1. The van der Waals surface area contributed by atoms with Crippen LogP contribution < -0.4 is 5.32 Å². The Hall–Kier alpha value is -2.05. The summed E-state index contributed by atoms with van der Waals surface area (Å²) in [5.41, 5.74) is 2.02. The molecule has 1 unspecified atom stereocenters. The zero-order valence-corrected chi connectivity index (χ0v) is 15.0. The summed E-state index contributed by atoms with van der Waals surface area (Å²) in [7, 11) is 2.06. The Morgan fingerprint density at radius 3 is 2.84 bits per heavy atom. The van der Waals surface area contributed by atoms with Crippen LogP contribution in [0.2, 0.25) is 0 Å². The summed E-state index contributed by atoms with van der Waals surface area (Å²) in [6.07, 6.45) is 3.02. The molecule has 1 aliphatic heterocycles. The Morgan fingerprint density at radius 1 is 1.32 bits per heavy atom. The summed E-state index contributed by atoms with van der Waals surface area (Å²) in [6.45, 7) is 4.90. The molecule has 0 spiro atoms. The number of hydrogen-bond acceptors (Lipinski definition) is 6.